The van der Waals surface area contributed by atoms with Crippen LogP contribution in [0.2, 0.25) is 0 Å². The molecule has 0 amide bonds. The van der Waals surface area contributed by atoms with Crippen molar-refractivity contribution in [2.45, 2.75) is 11.8 Å². The van der Waals surface area contributed by atoms with Crippen LogP contribution in [0.3, 0.4) is 0 Å². The number of ether oxygens (including phenoxy) is 1. The Morgan fingerprint density at radius 3 is 2.58 bits per heavy atom. The Labute approximate surface area is 141 Å². The third-order valence-corrected chi connectivity index (χ3v) is 5.38. The van der Waals surface area contributed by atoms with E-state index in [2.05, 4.69) is 0 Å². The van der Waals surface area contributed by atoms with Crippen LogP contribution in [0.1, 0.15) is 11.1 Å². The summed E-state index contributed by atoms with van der Waals surface area (Å²) < 4.78 is 30.9. The summed E-state index contributed by atoms with van der Waals surface area (Å²) in [6, 6.07) is 15.7. The van der Waals surface area contributed by atoms with E-state index in [1.807, 2.05) is 37.3 Å². The molecule has 0 aromatic heterocycles. The second-order valence-corrected chi connectivity index (χ2v) is 7.40. The van der Waals surface area contributed by atoms with Crippen LogP contribution in [0.25, 0.3) is 6.08 Å². The van der Waals surface area contributed by atoms with Crippen LogP contribution in [0.5, 0.6) is 5.75 Å². The Bertz CT molecular complexity index is 978. The van der Waals surface area contributed by atoms with E-state index < -0.39 is 9.84 Å². The Morgan fingerprint density at radius 1 is 1.17 bits per heavy atom. The standard InChI is InChI=1S/C19H15NO3S/c1-14-6-8-17(9-7-14)24(21,22)18(12-20)11-15-10-16-4-2-3-5-19(16)23-13-15/h2-11H,13H2,1H3/b18-11+. The number of aryl methyl sites for hydroxylation is 1. The number of hydrogen-bond donors (Lipinski definition) is 0. The van der Waals surface area contributed by atoms with Crippen molar-refractivity contribution in [2.24, 2.45) is 0 Å². The molecule has 1 aliphatic rings. The van der Waals surface area contributed by atoms with Gasteiger partial charge in [-0.15, -0.1) is 0 Å². The molecule has 0 saturated heterocycles. The molecule has 3 rings (SSSR count). The highest BCUT2D eigenvalue weighted by molar-refractivity contribution is 7.95. The van der Waals surface area contributed by atoms with Gasteiger partial charge in [-0.1, -0.05) is 35.9 Å². The summed E-state index contributed by atoms with van der Waals surface area (Å²) in [5.41, 5.74) is 2.46. The van der Waals surface area contributed by atoms with E-state index in [0.29, 0.717) is 5.57 Å². The molecular weight excluding hydrogens is 322 g/mol. The van der Waals surface area contributed by atoms with Crippen LogP contribution in [0.15, 0.2) is 70.0 Å². The van der Waals surface area contributed by atoms with Crippen LogP contribution in [-0.2, 0) is 9.84 Å². The van der Waals surface area contributed by atoms with E-state index >= 15 is 0 Å². The van der Waals surface area contributed by atoms with Gasteiger partial charge in [0.15, 0.2) is 0 Å². The molecule has 0 spiro atoms. The Morgan fingerprint density at radius 2 is 1.88 bits per heavy atom. The van der Waals surface area contributed by atoms with Crippen LogP contribution >= 0.6 is 0 Å². The van der Waals surface area contributed by atoms with Gasteiger partial charge in [0.05, 0.1) is 4.90 Å². The van der Waals surface area contributed by atoms with Crippen LogP contribution < -0.4 is 4.74 Å². The average Bonchev–Trinajstić information content (AvgIpc) is 2.59. The largest absolute Gasteiger partial charge is 0.488 e. The molecule has 0 aliphatic carbocycles. The molecule has 2 aromatic rings. The lowest BCUT2D eigenvalue weighted by Gasteiger charge is -2.16. The number of fused-ring (bicyclic) bond motifs is 1. The summed E-state index contributed by atoms with van der Waals surface area (Å²) in [7, 11) is -3.84. The second kappa shape index (κ2) is 6.34. The van der Waals surface area contributed by atoms with Crippen molar-refractivity contribution >= 4 is 15.9 Å². The van der Waals surface area contributed by atoms with Gasteiger partial charge in [0.25, 0.3) is 0 Å². The van der Waals surface area contributed by atoms with Gasteiger partial charge < -0.3 is 4.74 Å². The molecule has 1 heterocycles. The molecule has 4 nitrogen and oxygen atoms in total. The van der Waals surface area contributed by atoms with Gasteiger partial charge in [-0.25, -0.2) is 8.42 Å². The Balaban J connectivity index is 2.00. The van der Waals surface area contributed by atoms with Crippen LogP contribution in [0.4, 0.5) is 0 Å². The molecule has 1 aliphatic heterocycles. The third-order valence-electron chi connectivity index (χ3n) is 3.70. The lowest BCUT2D eigenvalue weighted by molar-refractivity contribution is 0.351. The van der Waals surface area contributed by atoms with Crippen LogP contribution in [0, 0.1) is 18.3 Å². The predicted molar refractivity (Wildman–Crippen MR) is 92.0 cm³/mol. The smallest absolute Gasteiger partial charge is 0.216 e. The molecule has 0 saturated carbocycles. The van der Waals surface area contributed by atoms with Gasteiger partial charge in [0, 0.05) is 5.56 Å². The summed E-state index contributed by atoms with van der Waals surface area (Å²) in [5, 5.41) is 9.34. The highest BCUT2D eigenvalue weighted by Gasteiger charge is 2.21. The summed E-state index contributed by atoms with van der Waals surface area (Å²) in [5.74, 6) is 0.745. The normalized spacial score (nSPS) is 14.2. The number of nitriles is 1. The highest BCUT2D eigenvalue weighted by atomic mass is 32.2. The van der Waals surface area contributed by atoms with Gasteiger partial charge in [-0.3, -0.25) is 0 Å². The molecular formula is C19H15NO3S. The second-order valence-electron chi connectivity index (χ2n) is 5.48. The van der Waals surface area contributed by atoms with E-state index in [-0.39, 0.29) is 16.4 Å². The van der Waals surface area contributed by atoms with Crippen LogP contribution in [-0.4, -0.2) is 15.0 Å². The van der Waals surface area contributed by atoms with E-state index in [1.165, 1.54) is 18.2 Å². The van der Waals surface area contributed by atoms with E-state index in [0.717, 1.165) is 16.9 Å². The minimum atomic E-state index is -3.84. The molecule has 0 unspecified atom stereocenters. The van der Waals surface area contributed by atoms with Gasteiger partial charge in [-0.05, 0) is 42.8 Å². The van der Waals surface area contributed by atoms with E-state index in [1.54, 1.807) is 18.2 Å². The summed E-state index contributed by atoms with van der Waals surface area (Å²) in [6.45, 7) is 2.10. The first-order chi connectivity index (χ1) is 11.5. The van der Waals surface area contributed by atoms with Crippen molar-refractivity contribution in [3.63, 3.8) is 0 Å². The van der Waals surface area contributed by atoms with Crippen molar-refractivity contribution in [2.75, 3.05) is 6.61 Å². The van der Waals surface area contributed by atoms with Crippen molar-refractivity contribution in [1.29, 1.82) is 5.26 Å². The number of sulfone groups is 1. The van der Waals surface area contributed by atoms with Crippen molar-refractivity contribution in [1.82, 2.24) is 0 Å². The maximum atomic E-state index is 12.6. The Hall–Kier alpha value is -2.84. The van der Waals surface area contributed by atoms with Crippen molar-refractivity contribution in [3.8, 4) is 11.8 Å². The third kappa shape index (κ3) is 3.10. The summed E-state index contributed by atoms with van der Waals surface area (Å²) >= 11 is 0. The molecule has 5 heteroatoms. The molecule has 24 heavy (non-hydrogen) atoms. The fourth-order valence-electron chi connectivity index (χ4n) is 2.40. The number of hydrogen-bond acceptors (Lipinski definition) is 4. The molecule has 2 aromatic carbocycles. The Kier molecular flexibility index (Phi) is 4.24. The summed E-state index contributed by atoms with van der Waals surface area (Å²) in [6.07, 6.45) is 3.21. The molecule has 120 valence electrons. The number of para-hydroxylation sites is 1. The monoisotopic (exact) mass is 337 g/mol. The van der Waals surface area contributed by atoms with E-state index in [4.69, 9.17) is 4.74 Å². The highest BCUT2D eigenvalue weighted by Crippen LogP contribution is 2.28. The minimum absolute atomic E-state index is 0.110. The van der Waals surface area contributed by atoms with Gasteiger partial charge in [0.1, 0.15) is 23.3 Å². The predicted octanol–water partition coefficient (Wildman–Crippen LogP) is 3.65. The van der Waals surface area contributed by atoms with Gasteiger partial charge in [-0.2, -0.15) is 5.26 Å². The van der Waals surface area contributed by atoms with Gasteiger partial charge >= 0.3 is 0 Å². The average molecular weight is 337 g/mol. The maximum Gasteiger partial charge on any atom is 0.216 e. The first-order valence-corrected chi connectivity index (χ1v) is 8.85. The fourth-order valence-corrected chi connectivity index (χ4v) is 3.57. The fraction of sp³-hybridized carbons (Fsp3) is 0.105. The zero-order valence-electron chi connectivity index (χ0n) is 13.1. The number of rotatable bonds is 3. The summed E-state index contributed by atoms with van der Waals surface area (Å²) in [4.78, 5) is -0.181. The molecule has 0 N–H and O–H groups in total. The molecule has 0 radical (unpaired) electrons. The zero-order chi connectivity index (χ0) is 17.2. The lowest BCUT2D eigenvalue weighted by Crippen LogP contribution is -2.09. The zero-order valence-corrected chi connectivity index (χ0v) is 13.9. The number of nitrogens with zero attached hydrogens (tertiary/aromatic N) is 1. The first kappa shape index (κ1) is 16.0. The van der Waals surface area contributed by atoms with E-state index in [9.17, 15) is 13.7 Å². The lowest BCUT2D eigenvalue weighted by atomic mass is 10.1. The molecule has 0 fully saturated rings. The maximum absolute atomic E-state index is 12.6. The molecule has 0 bridgehead atoms. The first-order valence-electron chi connectivity index (χ1n) is 7.36. The minimum Gasteiger partial charge on any atom is -0.488 e. The quantitative estimate of drug-likeness (QED) is 0.802. The van der Waals surface area contributed by atoms with Gasteiger partial charge in [0.2, 0.25) is 9.84 Å². The topological polar surface area (TPSA) is 67.2 Å². The SMILES string of the molecule is Cc1ccc(S(=O)(=O)/C(C#N)=C/C2=Cc3ccccc3OC2)cc1. The van der Waals surface area contributed by atoms with Crippen molar-refractivity contribution < 1.29 is 13.2 Å². The molecule has 0 atom stereocenters. The van der Waals surface area contributed by atoms with Crippen molar-refractivity contribution in [3.05, 3.63) is 76.2 Å². The number of benzene rings is 2. The number of allylic oxidation sites excluding steroid dienone is 1.